The topological polar surface area (TPSA) is 42.3 Å². The molecule has 160 valence electrons. The van der Waals surface area contributed by atoms with Crippen LogP contribution in [0.15, 0.2) is 52.2 Å². The number of nitrogens with zero attached hydrogens (tertiary/aromatic N) is 4. The van der Waals surface area contributed by atoms with E-state index < -0.39 is 0 Å². The van der Waals surface area contributed by atoms with E-state index in [1.165, 1.54) is 28.1 Å². The van der Waals surface area contributed by atoms with Gasteiger partial charge < -0.3 is 10.0 Å². The summed E-state index contributed by atoms with van der Waals surface area (Å²) in [5.41, 5.74) is 6.44. The minimum absolute atomic E-state index is 0.0158. The summed E-state index contributed by atoms with van der Waals surface area (Å²) in [4.78, 5) is 12.0. The van der Waals surface area contributed by atoms with Crippen LogP contribution in [-0.4, -0.2) is 78.0 Å². The van der Waals surface area contributed by atoms with E-state index in [-0.39, 0.29) is 17.6 Å². The average Bonchev–Trinajstić information content (AvgIpc) is 3.07. The Morgan fingerprint density at radius 1 is 1.10 bits per heavy atom. The third kappa shape index (κ3) is 3.62. The number of allylic oxidation sites excluding steroid dienone is 2. The number of rotatable bonds is 2. The Morgan fingerprint density at radius 3 is 2.77 bits per heavy atom. The van der Waals surface area contributed by atoms with E-state index >= 15 is 0 Å². The molecule has 4 aliphatic rings. The molecule has 0 aromatic heterocycles. The number of benzene rings is 1. The molecule has 30 heavy (non-hydrogen) atoms. The van der Waals surface area contributed by atoms with Crippen molar-refractivity contribution >= 4 is 23.5 Å². The first-order valence-electron chi connectivity index (χ1n) is 11.1. The van der Waals surface area contributed by atoms with Crippen molar-refractivity contribution in [3.63, 3.8) is 0 Å². The van der Waals surface area contributed by atoms with Gasteiger partial charge in [0.05, 0.1) is 11.5 Å². The molecular weight excluding hydrogens is 396 g/mol. The number of dihydropyridines is 1. The number of halogens is 1. The normalized spacial score (nSPS) is 32.7. The van der Waals surface area contributed by atoms with Crippen molar-refractivity contribution in [2.75, 3.05) is 38.1 Å². The van der Waals surface area contributed by atoms with Gasteiger partial charge in [-0.3, -0.25) is 14.8 Å². The quantitative estimate of drug-likeness (QED) is 0.738. The molecule has 1 N–H and O–H groups in total. The molecule has 1 aromatic carbocycles. The number of aliphatic hydroxyl groups excluding tert-OH is 1. The molecule has 0 saturated carbocycles. The van der Waals surface area contributed by atoms with Crippen molar-refractivity contribution in [3.8, 4) is 0 Å². The van der Waals surface area contributed by atoms with E-state index in [0.717, 1.165) is 45.4 Å². The van der Waals surface area contributed by atoms with Crippen LogP contribution in [-0.2, 0) is 6.42 Å². The molecule has 1 aromatic rings. The summed E-state index contributed by atoms with van der Waals surface area (Å²) in [7, 11) is 2.16. The maximum atomic E-state index is 10.0. The molecule has 0 aliphatic carbocycles. The number of anilines is 1. The highest BCUT2D eigenvalue weighted by Gasteiger charge is 2.38. The SMILES string of the molecule is CC1=C(C2=CC(N3CCN4CC(O)CC4C3)N=CC2Cl)N(C)c2ccccc2CC1. The van der Waals surface area contributed by atoms with Gasteiger partial charge in [-0.15, -0.1) is 11.6 Å². The predicted molar refractivity (Wildman–Crippen MR) is 123 cm³/mol. The lowest BCUT2D eigenvalue weighted by atomic mass is 9.98. The van der Waals surface area contributed by atoms with Crippen molar-refractivity contribution in [2.45, 2.75) is 49.9 Å². The minimum Gasteiger partial charge on any atom is -0.392 e. The number of aliphatic hydroxyl groups is 1. The molecule has 5 rings (SSSR count). The molecule has 0 radical (unpaired) electrons. The molecular formula is C24H31ClN4O. The highest BCUT2D eigenvalue weighted by Crippen LogP contribution is 2.37. The molecule has 4 unspecified atom stereocenters. The number of aliphatic imine (C=N–C) groups is 1. The second-order valence-electron chi connectivity index (χ2n) is 9.09. The second kappa shape index (κ2) is 8.12. The summed E-state index contributed by atoms with van der Waals surface area (Å²) < 4.78 is 0. The van der Waals surface area contributed by atoms with E-state index in [1.54, 1.807) is 0 Å². The van der Waals surface area contributed by atoms with Crippen LogP contribution in [0.25, 0.3) is 0 Å². The number of likely N-dealkylation sites (N-methyl/N-ethyl adjacent to an activating group) is 1. The number of hydrogen-bond donors (Lipinski definition) is 1. The lowest BCUT2D eigenvalue weighted by Gasteiger charge is -2.40. The summed E-state index contributed by atoms with van der Waals surface area (Å²) in [6.45, 7) is 5.97. The van der Waals surface area contributed by atoms with E-state index in [9.17, 15) is 5.11 Å². The van der Waals surface area contributed by atoms with Crippen LogP contribution in [0.4, 0.5) is 5.69 Å². The number of fused-ring (bicyclic) bond motifs is 2. The Balaban J connectivity index is 1.44. The van der Waals surface area contributed by atoms with Crippen molar-refractivity contribution in [2.24, 2.45) is 4.99 Å². The predicted octanol–water partition coefficient (Wildman–Crippen LogP) is 3.04. The third-order valence-electron chi connectivity index (χ3n) is 7.13. The van der Waals surface area contributed by atoms with Gasteiger partial charge in [-0.25, -0.2) is 0 Å². The highest BCUT2D eigenvalue weighted by atomic mass is 35.5. The number of para-hydroxylation sites is 1. The minimum atomic E-state index is -0.214. The van der Waals surface area contributed by atoms with Crippen molar-refractivity contribution < 1.29 is 5.11 Å². The van der Waals surface area contributed by atoms with E-state index in [0.29, 0.717) is 6.04 Å². The van der Waals surface area contributed by atoms with Gasteiger partial charge in [-0.2, -0.15) is 0 Å². The molecule has 6 heteroatoms. The monoisotopic (exact) mass is 426 g/mol. The molecule has 2 fully saturated rings. The third-order valence-corrected chi connectivity index (χ3v) is 7.48. The van der Waals surface area contributed by atoms with Crippen LogP contribution in [0.1, 0.15) is 25.3 Å². The largest absolute Gasteiger partial charge is 0.392 e. The first kappa shape index (κ1) is 20.3. The van der Waals surface area contributed by atoms with Crippen LogP contribution in [0.5, 0.6) is 0 Å². The molecule has 0 amide bonds. The van der Waals surface area contributed by atoms with Crippen molar-refractivity contribution in [1.82, 2.24) is 9.80 Å². The van der Waals surface area contributed by atoms with Gasteiger partial charge in [0.25, 0.3) is 0 Å². The zero-order valence-electron chi connectivity index (χ0n) is 17.8. The Hall–Kier alpha value is -1.66. The molecule has 4 atom stereocenters. The molecule has 2 saturated heterocycles. The van der Waals surface area contributed by atoms with Gasteiger partial charge in [0.2, 0.25) is 0 Å². The van der Waals surface area contributed by atoms with Crippen molar-refractivity contribution in [1.29, 1.82) is 0 Å². The lowest BCUT2D eigenvalue weighted by Crippen LogP contribution is -2.53. The number of hydrogen-bond acceptors (Lipinski definition) is 5. The highest BCUT2D eigenvalue weighted by molar-refractivity contribution is 6.31. The van der Waals surface area contributed by atoms with Crippen molar-refractivity contribution in [3.05, 3.63) is 52.7 Å². The Bertz CT molecular complexity index is 910. The number of piperazine rings is 1. The first-order valence-corrected chi connectivity index (χ1v) is 11.5. The maximum Gasteiger partial charge on any atom is 0.121 e. The van der Waals surface area contributed by atoms with Gasteiger partial charge >= 0.3 is 0 Å². The Labute approximate surface area is 184 Å². The fourth-order valence-electron chi connectivity index (χ4n) is 5.57. The smallest absolute Gasteiger partial charge is 0.121 e. The zero-order valence-corrected chi connectivity index (χ0v) is 18.6. The van der Waals surface area contributed by atoms with Gasteiger partial charge in [-0.05, 0) is 55.0 Å². The van der Waals surface area contributed by atoms with Gasteiger partial charge in [-0.1, -0.05) is 18.2 Å². The van der Waals surface area contributed by atoms with Crippen LogP contribution in [0, 0.1) is 0 Å². The van der Waals surface area contributed by atoms with E-state index in [2.05, 4.69) is 59.0 Å². The van der Waals surface area contributed by atoms with E-state index in [4.69, 9.17) is 16.6 Å². The fraction of sp³-hybridized carbons (Fsp3) is 0.542. The van der Waals surface area contributed by atoms with Gasteiger partial charge in [0.15, 0.2) is 0 Å². The molecule has 0 bridgehead atoms. The molecule has 0 spiro atoms. The standard InChI is InChI=1S/C24H31ClN4O/c1-16-7-8-17-5-3-4-6-22(17)27(2)24(16)20-12-23(26-13-21(20)25)29-10-9-28-15-19(30)11-18(28)14-29/h3-6,12-13,18-19,21,23,30H,7-11,14-15H2,1-2H3. The van der Waals surface area contributed by atoms with Crippen LogP contribution in [0.2, 0.25) is 0 Å². The van der Waals surface area contributed by atoms with Crippen LogP contribution < -0.4 is 4.90 Å². The molecule has 4 aliphatic heterocycles. The molecule has 4 heterocycles. The van der Waals surface area contributed by atoms with Crippen LogP contribution >= 0.6 is 11.6 Å². The number of alkyl halides is 1. The Morgan fingerprint density at radius 2 is 1.90 bits per heavy atom. The Kier molecular flexibility index (Phi) is 5.48. The summed E-state index contributed by atoms with van der Waals surface area (Å²) in [5.74, 6) is 0. The first-order chi connectivity index (χ1) is 14.5. The summed E-state index contributed by atoms with van der Waals surface area (Å²) >= 11 is 6.80. The number of aryl methyl sites for hydroxylation is 1. The summed E-state index contributed by atoms with van der Waals surface area (Å²) in [6, 6.07) is 9.11. The zero-order chi connectivity index (χ0) is 20.8. The van der Waals surface area contributed by atoms with Gasteiger partial charge in [0.1, 0.15) is 6.17 Å². The molecule has 5 nitrogen and oxygen atoms in total. The summed E-state index contributed by atoms with van der Waals surface area (Å²) in [6.07, 6.45) is 6.99. The van der Waals surface area contributed by atoms with Gasteiger partial charge in [0, 0.05) is 56.9 Å². The lowest BCUT2D eigenvalue weighted by molar-refractivity contribution is 0.0860. The summed E-state index contributed by atoms with van der Waals surface area (Å²) in [5, 5.41) is 9.82. The average molecular weight is 427 g/mol. The van der Waals surface area contributed by atoms with Crippen LogP contribution in [0.3, 0.4) is 0 Å². The van der Waals surface area contributed by atoms with E-state index in [1.807, 2.05) is 6.21 Å². The second-order valence-corrected chi connectivity index (χ2v) is 9.56. The maximum absolute atomic E-state index is 10.0. The fourth-order valence-corrected chi connectivity index (χ4v) is 5.81.